The van der Waals surface area contributed by atoms with Crippen molar-refractivity contribution in [1.29, 1.82) is 0 Å². The molecule has 0 fully saturated rings. The van der Waals surface area contributed by atoms with Crippen LogP contribution in [0.3, 0.4) is 0 Å². The third-order valence-corrected chi connectivity index (χ3v) is 2.29. The van der Waals surface area contributed by atoms with E-state index in [0.29, 0.717) is 6.61 Å². The van der Waals surface area contributed by atoms with Gasteiger partial charge in [-0.25, -0.2) is 0 Å². The summed E-state index contributed by atoms with van der Waals surface area (Å²) in [6.45, 7) is 0.591. The molecule has 0 aliphatic rings. The van der Waals surface area contributed by atoms with Crippen LogP contribution in [0.25, 0.3) is 0 Å². The molecule has 0 amide bonds. The fourth-order valence-electron chi connectivity index (χ4n) is 1.42. The molecule has 1 radical (unpaired) electrons. The summed E-state index contributed by atoms with van der Waals surface area (Å²) in [5.74, 6) is 0.854. The van der Waals surface area contributed by atoms with Gasteiger partial charge in [-0.15, -0.1) is 0 Å². The molecule has 0 saturated heterocycles. The van der Waals surface area contributed by atoms with Crippen LogP contribution in [0.1, 0.15) is 5.56 Å². The van der Waals surface area contributed by atoms with Crippen molar-refractivity contribution in [1.82, 2.24) is 0 Å². The van der Waals surface area contributed by atoms with E-state index in [1.54, 1.807) is 0 Å². The minimum atomic E-state index is 0.591. The number of hydrogen-bond donors (Lipinski definition) is 1. The van der Waals surface area contributed by atoms with Crippen LogP contribution in [-0.2, 0) is 6.61 Å². The van der Waals surface area contributed by atoms with Gasteiger partial charge in [0.2, 0.25) is 0 Å². The standard InChI is InChI=1S/C14H14NO/c1-15-13-8-5-9-14(10-13)16-11-12-6-3-2-4-7-12/h2-7,9-10,15H,11H2,1H3. The molecule has 81 valence electrons. The highest BCUT2D eigenvalue weighted by molar-refractivity contribution is 5.46. The molecule has 0 bridgehead atoms. The summed E-state index contributed by atoms with van der Waals surface area (Å²) in [7, 11) is 1.87. The molecule has 2 aromatic carbocycles. The van der Waals surface area contributed by atoms with Crippen molar-refractivity contribution >= 4 is 5.69 Å². The van der Waals surface area contributed by atoms with Crippen LogP contribution in [0.5, 0.6) is 5.75 Å². The van der Waals surface area contributed by atoms with Crippen LogP contribution >= 0.6 is 0 Å². The first-order chi connectivity index (χ1) is 7.88. The highest BCUT2D eigenvalue weighted by atomic mass is 16.5. The van der Waals surface area contributed by atoms with Crippen molar-refractivity contribution < 1.29 is 4.74 Å². The Bertz CT molecular complexity index is 439. The van der Waals surface area contributed by atoms with E-state index in [-0.39, 0.29) is 0 Å². The average molecular weight is 212 g/mol. The van der Waals surface area contributed by atoms with E-state index in [4.69, 9.17) is 4.74 Å². The minimum absolute atomic E-state index is 0.591. The molecule has 1 N–H and O–H groups in total. The predicted molar refractivity (Wildman–Crippen MR) is 65.6 cm³/mol. The monoisotopic (exact) mass is 212 g/mol. The van der Waals surface area contributed by atoms with Gasteiger partial charge in [0.25, 0.3) is 0 Å². The van der Waals surface area contributed by atoms with Crippen molar-refractivity contribution in [2.45, 2.75) is 6.61 Å². The summed E-state index contributed by atoms with van der Waals surface area (Å²) < 4.78 is 5.67. The van der Waals surface area contributed by atoms with E-state index in [9.17, 15) is 0 Å². The molecule has 2 nitrogen and oxygen atoms in total. The Balaban J connectivity index is 1.99. The Morgan fingerprint density at radius 1 is 1.19 bits per heavy atom. The third-order valence-electron chi connectivity index (χ3n) is 2.29. The molecular weight excluding hydrogens is 198 g/mol. The first-order valence-corrected chi connectivity index (χ1v) is 5.25. The molecule has 2 heteroatoms. The first kappa shape index (κ1) is 10.6. The normalized spacial score (nSPS) is 9.81. The Morgan fingerprint density at radius 3 is 2.75 bits per heavy atom. The smallest absolute Gasteiger partial charge is 0.121 e. The van der Waals surface area contributed by atoms with Gasteiger partial charge in [0.15, 0.2) is 0 Å². The average Bonchev–Trinajstić information content (AvgIpc) is 2.38. The van der Waals surface area contributed by atoms with Gasteiger partial charge in [-0.3, -0.25) is 0 Å². The van der Waals surface area contributed by atoms with Crippen molar-refractivity contribution in [3.8, 4) is 5.75 Å². The van der Waals surface area contributed by atoms with Gasteiger partial charge in [0.05, 0.1) is 0 Å². The third kappa shape index (κ3) is 2.76. The van der Waals surface area contributed by atoms with Crippen LogP contribution in [0.15, 0.2) is 48.5 Å². The molecule has 0 heterocycles. The fourth-order valence-corrected chi connectivity index (χ4v) is 1.42. The summed E-state index contributed by atoms with van der Waals surface area (Å²) in [5, 5.41) is 3.03. The van der Waals surface area contributed by atoms with Crippen molar-refractivity contribution in [2.24, 2.45) is 0 Å². The van der Waals surface area contributed by atoms with Gasteiger partial charge in [-0.2, -0.15) is 0 Å². The number of anilines is 1. The summed E-state index contributed by atoms with van der Waals surface area (Å²) in [6, 6.07) is 18.9. The second-order valence-corrected chi connectivity index (χ2v) is 3.46. The van der Waals surface area contributed by atoms with Gasteiger partial charge in [-0.1, -0.05) is 30.3 Å². The lowest BCUT2D eigenvalue weighted by molar-refractivity contribution is 0.306. The number of nitrogens with one attached hydrogen (secondary N) is 1. The zero-order valence-corrected chi connectivity index (χ0v) is 9.23. The Labute approximate surface area is 95.9 Å². The number of rotatable bonds is 4. The van der Waals surface area contributed by atoms with Crippen molar-refractivity contribution in [3.63, 3.8) is 0 Å². The largest absolute Gasteiger partial charge is 0.489 e. The lowest BCUT2D eigenvalue weighted by Gasteiger charge is -2.07. The van der Waals surface area contributed by atoms with E-state index in [2.05, 4.69) is 11.4 Å². The lowest BCUT2D eigenvalue weighted by atomic mass is 10.2. The van der Waals surface area contributed by atoms with Crippen molar-refractivity contribution in [3.05, 3.63) is 60.2 Å². The number of hydrogen-bond acceptors (Lipinski definition) is 2. The Morgan fingerprint density at radius 2 is 2.00 bits per heavy atom. The highest BCUT2D eigenvalue weighted by Crippen LogP contribution is 2.17. The van der Waals surface area contributed by atoms with Crippen LogP contribution in [-0.4, -0.2) is 7.05 Å². The molecular formula is C14H14NO. The number of ether oxygens (including phenoxy) is 1. The lowest BCUT2D eigenvalue weighted by Crippen LogP contribution is -1.96. The second kappa shape index (κ2) is 5.21. The maximum absolute atomic E-state index is 5.67. The predicted octanol–water partition coefficient (Wildman–Crippen LogP) is 3.11. The van der Waals surface area contributed by atoms with E-state index < -0.39 is 0 Å². The Kier molecular flexibility index (Phi) is 3.44. The quantitative estimate of drug-likeness (QED) is 0.840. The SMILES string of the molecule is CNc1[c]ccc(OCc2ccccc2)c1. The zero-order chi connectivity index (χ0) is 11.2. The van der Waals surface area contributed by atoms with Crippen molar-refractivity contribution in [2.75, 3.05) is 12.4 Å². The molecule has 0 aromatic heterocycles. The maximum atomic E-state index is 5.67. The van der Waals surface area contributed by atoms with Crippen LogP contribution in [0.2, 0.25) is 0 Å². The van der Waals surface area contributed by atoms with Gasteiger partial charge in [-0.05, 0) is 17.7 Å². The van der Waals surface area contributed by atoms with E-state index in [1.165, 1.54) is 5.56 Å². The topological polar surface area (TPSA) is 21.3 Å². The minimum Gasteiger partial charge on any atom is -0.489 e. The summed E-state index contributed by atoms with van der Waals surface area (Å²) >= 11 is 0. The zero-order valence-electron chi connectivity index (χ0n) is 9.23. The molecule has 2 aromatic rings. The summed E-state index contributed by atoms with van der Waals surface area (Å²) in [6.07, 6.45) is 0. The molecule has 0 unspecified atom stereocenters. The molecule has 0 saturated carbocycles. The molecule has 0 atom stereocenters. The molecule has 0 spiro atoms. The second-order valence-electron chi connectivity index (χ2n) is 3.46. The maximum Gasteiger partial charge on any atom is 0.121 e. The van der Waals surface area contributed by atoms with Crippen LogP contribution in [0, 0.1) is 6.07 Å². The summed E-state index contributed by atoms with van der Waals surface area (Å²) in [5.41, 5.74) is 2.10. The van der Waals surface area contributed by atoms with Gasteiger partial charge in [0.1, 0.15) is 12.4 Å². The first-order valence-electron chi connectivity index (χ1n) is 5.25. The van der Waals surface area contributed by atoms with Crippen LogP contribution in [0.4, 0.5) is 5.69 Å². The van der Waals surface area contributed by atoms with Gasteiger partial charge >= 0.3 is 0 Å². The fraction of sp³-hybridized carbons (Fsp3) is 0.143. The van der Waals surface area contributed by atoms with E-state index >= 15 is 0 Å². The molecule has 16 heavy (non-hydrogen) atoms. The van der Waals surface area contributed by atoms with Crippen LogP contribution < -0.4 is 10.1 Å². The molecule has 2 rings (SSSR count). The Hall–Kier alpha value is -1.96. The highest BCUT2D eigenvalue weighted by Gasteiger charge is 1.96. The van der Waals surface area contributed by atoms with E-state index in [0.717, 1.165) is 11.4 Å². The molecule has 0 aliphatic heterocycles. The van der Waals surface area contributed by atoms with E-state index in [1.807, 2.05) is 55.6 Å². The summed E-state index contributed by atoms with van der Waals surface area (Å²) in [4.78, 5) is 0. The van der Waals surface area contributed by atoms with Gasteiger partial charge < -0.3 is 10.1 Å². The van der Waals surface area contributed by atoms with Gasteiger partial charge in [0, 0.05) is 24.9 Å². The molecule has 0 aliphatic carbocycles. The number of benzene rings is 2.